The number of benzene rings is 2. The minimum Gasteiger partial charge on any atom is -0.399 e. The second kappa shape index (κ2) is 6.06. The molecule has 3 N–H and O–H groups in total. The van der Waals surface area contributed by atoms with E-state index in [2.05, 4.69) is 5.32 Å². The number of nitrogens with one attached hydrogen (secondary N) is 1. The van der Waals surface area contributed by atoms with Crippen LogP contribution in [-0.2, 0) is 12.4 Å². The molecule has 2 rings (SSSR count). The van der Waals surface area contributed by atoms with Crippen LogP contribution in [0, 0.1) is 0 Å². The van der Waals surface area contributed by atoms with Gasteiger partial charge >= 0.3 is 12.4 Å². The molecule has 2 aromatic rings. The number of hydrogen-bond donors (Lipinski definition) is 2. The van der Waals surface area contributed by atoms with Crippen LogP contribution in [0.3, 0.4) is 0 Å². The Hall–Kier alpha value is -2.71. The van der Waals surface area contributed by atoms with Crippen molar-refractivity contribution in [3.8, 4) is 0 Å². The van der Waals surface area contributed by atoms with Crippen molar-refractivity contribution in [2.45, 2.75) is 12.4 Å². The minimum absolute atomic E-state index is 0.0444. The van der Waals surface area contributed by atoms with Crippen LogP contribution in [0.1, 0.15) is 21.5 Å². The molecule has 0 aliphatic carbocycles. The second-order valence-corrected chi connectivity index (χ2v) is 4.87. The molecule has 0 fully saturated rings. The molecule has 2 aromatic carbocycles. The highest BCUT2D eigenvalue weighted by Gasteiger charge is 2.37. The molecule has 0 aliphatic heterocycles. The van der Waals surface area contributed by atoms with Gasteiger partial charge in [0.1, 0.15) is 0 Å². The zero-order valence-electron chi connectivity index (χ0n) is 11.8. The zero-order valence-corrected chi connectivity index (χ0v) is 11.8. The van der Waals surface area contributed by atoms with Gasteiger partial charge in [-0.05, 0) is 36.4 Å². The van der Waals surface area contributed by atoms with Crippen molar-refractivity contribution < 1.29 is 31.1 Å². The van der Waals surface area contributed by atoms with Crippen LogP contribution >= 0.6 is 0 Å². The molecule has 0 radical (unpaired) electrons. The standard InChI is InChI=1S/C15H10F6N2O/c16-14(17,18)9-4-8(5-10(6-9)15(19,20)21)13(24)23-12-3-1-2-11(22)7-12/h1-7H,22H2,(H,23,24). The van der Waals surface area contributed by atoms with Crippen molar-refractivity contribution in [2.24, 2.45) is 0 Å². The Morgan fingerprint density at radius 3 is 1.88 bits per heavy atom. The molecule has 0 aromatic heterocycles. The van der Waals surface area contributed by atoms with Crippen LogP contribution in [0.15, 0.2) is 42.5 Å². The van der Waals surface area contributed by atoms with Crippen molar-refractivity contribution in [1.29, 1.82) is 0 Å². The molecular weight excluding hydrogens is 338 g/mol. The number of anilines is 2. The normalized spacial score (nSPS) is 12.1. The number of halogens is 6. The van der Waals surface area contributed by atoms with Gasteiger partial charge in [-0.25, -0.2) is 0 Å². The SMILES string of the molecule is Nc1cccc(NC(=O)c2cc(C(F)(F)F)cc(C(F)(F)F)c2)c1. The quantitative estimate of drug-likeness (QED) is 0.618. The molecule has 0 bridgehead atoms. The highest BCUT2D eigenvalue weighted by molar-refractivity contribution is 6.04. The summed E-state index contributed by atoms with van der Waals surface area (Å²) >= 11 is 0. The summed E-state index contributed by atoms with van der Waals surface area (Å²) < 4.78 is 76.6. The van der Waals surface area contributed by atoms with Gasteiger partial charge in [0.25, 0.3) is 5.91 Å². The van der Waals surface area contributed by atoms with Crippen LogP contribution in [0.25, 0.3) is 0 Å². The molecule has 24 heavy (non-hydrogen) atoms. The summed E-state index contributed by atoms with van der Waals surface area (Å²) in [6, 6.07) is 6.35. The first kappa shape index (κ1) is 17.6. The molecule has 9 heteroatoms. The van der Waals surface area contributed by atoms with Crippen LogP contribution in [0.5, 0.6) is 0 Å². The maximum atomic E-state index is 12.8. The van der Waals surface area contributed by atoms with E-state index in [0.717, 1.165) is 0 Å². The van der Waals surface area contributed by atoms with E-state index in [9.17, 15) is 31.1 Å². The summed E-state index contributed by atoms with van der Waals surface area (Å²) in [6.07, 6.45) is -10.0. The molecule has 1 amide bonds. The van der Waals surface area contributed by atoms with Gasteiger partial charge in [0, 0.05) is 16.9 Å². The average molecular weight is 348 g/mol. The fourth-order valence-electron chi connectivity index (χ4n) is 1.91. The number of alkyl halides is 6. The van der Waals surface area contributed by atoms with Crippen LogP contribution in [0.4, 0.5) is 37.7 Å². The maximum Gasteiger partial charge on any atom is 0.416 e. The Bertz CT molecular complexity index is 735. The van der Waals surface area contributed by atoms with Gasteiger partial charge in [-0.1, -0.05) is 6.07 Å². The maximum absolute atomic E-state index is 12.8. The summed E-state index contributed by atoms with van der Waals surface area (Å²) in [6.45, 7) is 0. The number of nitrogen functional groups attached to an aromatic ring is 1. The smallest absolute Gasteiger partial charge is 0.399 e. The Morgan fingerprint density at radius 1 is 0.875 bits per heavy atom. The lowest BCUT2D eigenvalue weighted by Crippen LogP contribution is -2.17. The highest BCUT2D eigenvalue weighted by atomic mass is 19.4. The lowest BCUT2D eigenvalue weighted by Gasteiger charge is -2.14. The van der Waals surface area contributed by atoms with Gasteiger partial charge in [-0.3, -0.25) is 4.79 Å². The van der Waals surface area contributed by atoms with Crippen LogP contribution in [-0.4, -0.2) is 5.91 Å². The fraction of sp³-hybridized carbons (Fsp3) is 0.133. The predicted molar refractivity (Wildman–Crippen MR) is 75.3 cm³/mol. The molecule has 0 aliphatic rings. The Balaban J connectivity index is 2.43. The average Bonchev–Trinajstić information content (AvgIpc) is 2.45. The molecule has 0 saturated carbocycles. The lowest BCUT2D eigenvalue weighted by atomic mass is 10.0. The predicted octanol–water partition coefficient (Wildman–Crippen LogP) is 4.56. The minimum atomic E-state index is -5.02. The summed E-state index contributed by atoms with van der Waals surface area (Å²) in [7, 11) is 0. The first-order valence-electron chi connectivity index (χ1n) is 6.43. The molecule has 128 valence electrons. The number of amides is 1. The summed E-state index contributed by atoms with van der Waals surface area (Å²) in [5, 5.41) is 2.20. The van der Waals surface area contributed by atoms with E-state index in [0.29, 0.717) is 12.1 Å². The largest absolute Gasteiger partial charge is 0.416 e. The molecule has 0 heterocycles. The van der Waals surface area contributed by atoms with Gasteiger partial charge in [0.2, 0.25) is 0 Å². The Labute approximate surface area is 132 Å². The molecule has 0 unspecified atom stereocenters. The third-order valence-corrected chi connectivity index (χ3v) is 2.99. The first-order chi connectivity index (χ1) is 11.0. The molecule has 0 atom stereocenters. The molecule has 0 spiro atoms. The van der Waals surface area contributed by atoms with Crippen molar-refractivity contribution >= 4 is 17.3 Å². The van der Waals surface area contributed by atoms with Gasteiger partial charge in [-0.15, -0.1) is 0 Å². The van der Waals surface area contributed by atoms with Gasteiger partial charge in [0.05, 0.1) is 11.1 Å². The van der Waals surface area contributed by atoms with Gasteiger partial charge in [0.15, 0.2) is 0 Å². The van der Waals surface area contributed by atoms with Crippen molar-refractivity contribution in [1.82, 2.24) is 0 Å². The Morgan fingerprint density at radius 2 is 1.42 bits per heavy atom. The van der Waals surface area contributed by atoms with E-state index in [4.69, 9.17) is 5.73 Å². The zero-order chi connectivity index (χ0) is 18.1. The van der Waals surface area contributed by atoms with E-state index >= 15 is 0 Å². The van der Waals surface area contributed by atoms with E-state index in [1.165, 1.54) is 24.3 Å². The first-order valence-corrected chi connectivity index (χ1v) is 6.43. The third-order valence-electron chi connectivity index (χ3n) is 2.99. The monoisotopic (exact) mass is 348 g/mol. The van der Waals surface area contributed by atoms with E-state index in [-0.39, 0.29) is 17.4 Å². The fourth-order valence-corrected chi connectivity index (χ4v) is 1.91. The number of carbonyl (C=O) groups is 1. The summed E-state index contributed by atoms with van der Waals surface area (Å²) in [4.78, 5) is 12.0. The van der Waals surface area contributed by atoms with E-state index in [1.807, 2.05) is 0 Å². The van der Waals surface area contributed by atoms with E-state index in [1.54, 1.807) is 0 Å². The number of carbonyl (C=O) groups excluding carboxylic acids is 1. The Kier molecular flexibility index (Phi) is 4.46. The summed E-state index contributed by atoms with van der Waals surface area (Å²) in [5.41, 5.74) is 2.02. The van der Waals surface area contributed by atoms with Crippen molar-refractivity contribution in [3.05, 3.63) is 59.2 Å². The topological polar surface area (TPSA) is 55.1 Å². The number of rotatable bonds is 2. The van der Waals surface area contributed by atoms with E-state index < -0.39 is 35.0 Å². The van der Waals surface area contributed by atoms with Gasteiger partial charge in [-0.2, -0.15) is 26.3 Å². The summed E-state index contributed by atoms with van der Waals surface area (Å²) in [5.74, 6) is -1.11. The highest BCUT2D eigenvalue weighted by Crippen LogP contribution is 2.36. The number of hydrogen-bond acceptors (Lipinski definition) is 2. The van der Waals surface area contributed by atoms with Crippen molar-refractivity contribution in [3.63, 3.8) is 0 Å². The number of nitrogens with two attached hydrogens (primary N) is 1. The van der Waals surface area contributed by atoms with Gasteiger partial charge < -0.3 is 11.1 Å². The third kappa shape index (κ3) is 4.18. The van der Waals surface area contributed by atoms with Crippen LogP contribution in [0.2, 0.25) is 0 Å². The lowest BCUT2D eigenvalue weighted by molar-refractivity contribution is -0.143. The van der Waals surface area contributed by atoms with Crippen molar-refractivity contribution in [2.75, 3.05) is 11.1 Å². The molecule has 0 saturated heterocycles. The van der Waals surface area contributed by atoms with Crippen LogP contribution < -0.4 is 11.1 Å². The molecular formula is C15H10F6N2O. The molecule has 3 nitrogen and oxygen atoms in total. The second-order valence-electron chi connectivity index (χ2n) is 4.87.